The molecule has 2 rings (SSSR count). The largest absolute Gasteiger partial charge is 0.393 e. The van der Waals surface area contributed by atoms with Crippen LogP contribution in [0.15, 0.2) is 18.3 Å². The number of amides is 2. The standard InChI is InChI=1S/C12H18N4O2/c17-10-4-1-3-9(7-10)8-13-12(18)15-11-5-2-6-14-16-11/h2,5-6,9-10,17H,1,3-4,7-8H2,(H2,13,15,16,18). The van der Waals surface area contributed by atoms with Crippen molar-refractivity contribution in [2.75, 3.05) is 11.9 Å². The first-order chi connectivity index (χ1) is 8.74. The Balaban J connectivity index is 1.71. The molecule has 18 heavy (non-hydrogen) atoms. The summed E-state index contributed by atoms with van der Waals surface area (Å²) in [5, 5.41) is 22.4. The summed E-state index contributed by atoms with van der Waals surface area (Å²) in [4.78, 5) is 11.6. The number of nitrogens with zero attached hydrogens (tertiary/aromatic N) is 2. The van der Waals surface area contributed by atoms with Gasteiger partial charge in [-0.25, -0.2) is 4.79 Å². The lowest BCUT2D eigenvalue weighted by molar-refractivity contribution is 0.101. The van der Waals surface area contributed by atoms with Crippen LogP contribution in [0.1, 0.15) is 25.7 Å². The van der Waals surface area contributed by atoms with Gasteiger partial charge < -0.3 is 10.4 Å². The van der Waals surface area contributed by atoms with E-state index in [1.165, 1.54) is 0 Å². The molecule has 1 aromatic rings. The van der Waals surface area contributed by atoms with Gasteiger partial charge in [0.25, 0.3) is 0 Å². The molecule has 2 unspecified atom stereocenters. The summed E-state index contributed by atoms with van der Waals surface area (Å²) in [5.74, 6) is 0.792. The minimum absolute atomic E-state index is 0.214. The first-order valence-corrected chi connectivity index (χ1v) is 6.24. The van der Waals surface area contributed by atoms with E-state index in [9.17, 15) is 9.90 Å². The molecule has 1 fully saturated rings. The molecule has 1 aliphatic rings. The molecule has 6 nitrogen and oxygen atoms in total. The van der Waals surface area contributed by atoms with Crippen LogP contribution in [0.2, 0.25) is 0 Å². The number of rotatable bonds is 3. The maximum Gasteiger partial charge on any atom is 0.320 e. The quantitative estimate of drug-likeness (QED) is 0.751. The van der Waals surface area contributed by atoms with Gasteiger partial charge in [0.2, 0.25) is 0 Å². The molecule has 1 aliphatic carbocycles. The molecule has 0 spiro atoms. The highest BCUT2D eigenvalue weighted by Gasteiger charge is 2.20. The lowest BCUT2D eigenvalue weighted by atomic mass is 9.87. The number of aromatic nitrogens is 2. The Morgan fingerprint density at radius 1 is 1.50 bits per heavy atom. The first-order valence-electron chi connectivity index (χ1n) is 6.24. The van der Waals surface area contributed by atoms with Crippen LogP contribution in [0.25, 0.3) is 0 Å². The van der Waals surface area contributed by atoms with Crippen LogP contribution >= 0.6 is 0 Å². The summed E-state index contributed by atoms with van der Waals surface area (Å²) in [6.07, 6.45) is 5.07. The Labute approximate surface area is 106 Å². The second kappa shape index (κ2) is 6.30. The van der Waals surface area contributed by atoms with Crippen molar-refractivity contribution in [1.82, 2.24) is 15.5 Å². The highest BCUT2D eigenvalue weighted by Crippen LogP contribution is 2.23. The van der Waals surface area contributed by atoms with Crippen LogP contribution in [0.4, 0.5) is 10.6 Å². The number of carbonyl (C=O) groups is 1. The molecule has 1 heterocycles. The number of aliphatic hydroxyl groups is 1. The van der Waals surface area contributed by atoms with E-state index in [2.05, 4.69) is 20.8 Å². The monoisotopic (exact) mass is 250 g/mol. The fraction of sp³-hybridized carbons (Fsp3) is 0.583. The zero-order chi connectivity index (χ0) is 12.8. The lowest BCUT2D eigenvalue weighted by Crippen LogP contribution is -2.35. The van der Waals surface area contributed by atoms with E-state index >= 15 is 0 Å². The molecule has 0 radical (unpaired) electrons. The SMILES string of the molecule is O=C(NCC1CCCC(O)C1)Nc1cccnn1. The van der Waals surface area contributed by atoms with Crippen molar-refractivity contribution >= 4 is 11.8 Å². The van der Waals surface area contributed by atoms with Crippen LogP contribution in [0, 0.1) is 5.92 Å². The molecule has 98 valence electrons. The third kappa shape index (κ3) is 3.96. The van der Waals surface area contributed by atoms with Gasteiger partial charge in [-0.2, -0.15) is 5.10 Å². The fourth-order valence-electron chi connectivity index (χ4n) is 2.21. The van der Waals surface area contributed by atoms with Gasteiger partial charge in [-0.05, 0) is 37.3 Å². The number of aliphatic hydroxyl groups excluding tert-OH is 1. The number of carbonyl (C=O) groups excluding carboxylic acids is 1. The van der Waals surface area contributed by atoms with Crippen molar-refractivity contribution < 1.29 is 9.90 Å². The number of hydrogen-bond donors (Lipinski definition) is 3. The molecule has 0 saturated heterocycles. The van der Waals surface area contributed by atoms with Gasteiger partial charge in [-0.3, -0.25) is 5.32 Å². The van der Waals surface area contributed by atoms with E-state index in [1.807, 2.05) is 0 Å². The summed E-state index contributed by atoms with van der Waals surface area (Å²) in [5.41, 5.74) is 0. The Bertz CT molecular complexity index is 385. The first kappa shape index (κ1) is 12.8. The predicted octanol–water partition coefficient (Wildman–Crippen LogP) is 1.15. The minimum atomic E-state index is -0.282. The molecule has 2 amide bonds. The molecule has 3 N–H and O–H groups in total. The van der Waals surface area contributed by atoms with Crippen LogP contribution in [0.3, 0.4) is 0 Å². The molecule has 0 bridgehead atoms. The zero-order valence-corrected chi connectivity index (χ0v) is 10.2. The van der Waals surface area contributed by atoms with Gasteiger partial charge in [0.15, 0.2) is 5.82 Å². The molecule has 0 aromatic carbocycles. The summed E-state index contributed by atoms with van der Waals surface area (Å²) in [6, 6.07) is 3.10. The molecular weight excluding hydrogens is 232 g/mol. The van der Waals surface area contributed by atoms with Crippen molar-refractivity contribution in [3.8, 4) is 0 Å². The minimum Gasteiger partial charge on any atom is -0.393 e. The highest BCUT2D eigenvalue weighted by molar-refractivity contribution is 5.87. The normalized spacial score (nSPS) is 23.4. The second-order valence-electron chi connectivity index (χ2n) is 4.63. The van der Waals surface area contributed by atoms with Crippen molar-refractivity contribution in [3.05, 3.63) is 18.3 Å². The van der Waals surface area contributed by atoms with Crippen molar-refractivity contribution in [2.45, 2.75) is 31.8 Å². The second-order valence-corrected chi connectivity index (χ2v) is 4.63. The average molecular weight is 250 g/mol. The average Bonchev–Trinajstić information content (AvgIpc) is 2.38. The van der Waals surface area contributed by atoms with Gasteiger partial charge >= 0.3 is 6.03 Å². The van der Waals surface area contributed by atoms with Crippen LogP contribution in [-0.2, 0) is 0 Å². The third-order valence-electron chi connectivity index (χ3n) is 3.12. The Morgan fingerprint density at radius 3 is 3.11 bits per heavy atom. The number of nitrogens with one attached hydrogen (secondary N) is 2. The molecule has 1 aromatic heterocycles. The smallest absolute Gasteiger partial charge is 0.320 e. The number of urea groups is 1. The van der Waals surface area contributed by atoms with Gasteiger partial charge in [0, 0.05) is 12.7 Å². The van der Waals surface area contributed by atoms with Crippen molar-refractivity contribution in [1.29, 1.82) is 0 Å². The lowest BCUT2D eigenvalue weighted by Gasteiger charge is -2.25. The third-order valence-corrected chi connectivity index (χ3v) is 3.12. The maximum atomic E-state index is 11.6. The Morgan fingerprint density at radius 2 is 2.39 bits per heavy atom. The summed E-state index contributed by atoms with van der Waals surface area (Å²) in [7, 11) is 0. The topological polar surface area (TPSA) is 87.1 Å². The fourth-order valence-corrected chi connectivity index (χ4v) is 2.21. The van der Waals surface area contributed by atoms with Gasteiger partial charge in [0.05, 0.1) is 6.10 Å². The maximum absolute atomic E-state index is 11.6. The molecule has 6 heteroatoms. The highest BCUT2D eigenvalue weighted by atomic mass is 16.3. The van der Waals surface area contributed by atoms with Gasteiger partial charge in [-0.15, -0.1) is 5.10 Å². The summed E-state index contributed by atoms with van der Waals surface area (Å²) >= 11 is 0. The van der Waals surface area contributed by atoms with Crippen molar-refractivity contribution in [3.63, 3.8) is 0 Å². The van der Waals surface area contributed by atoms with E-state index < -0.39 is 0 Å². The Kier molecular flexibility index (Phi) is 4.46. The van der Waals surface area contributed by atoms with Crippen molar-refractivity contribution in [2.24, 2.45) is 5.92 Å². The summed E-state index contributed by atoms with van der Waals surface area (Å²) < 4.78 is 0. The van der Waals surface area contributed by atoms with Gasteiger partial charge in [-0.1, -0.05) is 6.42 Å². The van der Waals surface area contributed by atoms with E-state index in [0.717, 1.165) is 25.7 Å². The van der Waals surface area contributed by atoms with E-state index in [0.29, 0.717) is 18.3 Å². The molecule has 2 atom stereocenters. The van der Waals surface area contributed by atoms with Crippen LogP contribution in [-0.4, -0.2) is 34.0 Å². The predicted molar refractivity (Wildman–Crippen MR) is 67.0 cm³/mol. The Hall–Kier alpha value is -1.69. The molecule has 1 saturated carbocycles. The molecule has 0 aliphatic heterocycles. The van der Waals surface area contributed by atoms with Gasteiger partial charge in [0.1, 0.15) is 0 Å². The number of anilines is 1. The zero-order valence-electron chi connectivity index (χ0n) is 10.2. The molecular formula is C12H18N4O2. The van der Waals surface area contributed by atoms with Crippen LogP contribution < -0.4 is 10.6 Å². The summed E-state index contributed by atoms with van der Waals surface area (Å²) in [6.45, 7) is 0.586. The van der Waals surface area contributed by atoms with E-state index in [-0.39, 0.29) is 12.1 Å². The van der Waals surface area contributed by atoms with E-state index in [4.69, 9.17) is 0 Å². The number of hydrogen-bond acceptors (Lipinski definition) is 4. The van der Waals surface area contributed by atoms with E-state index in [1.54, 1.807) is 18.3 Å². The van der Waals surface area contributed by atoms with Crippen LogP contribution in [0.5, 0.6) is 0 Å².